The summed E-state index contributed by atoms with van der Waals surface area (Å²) in [6.07, 6.45) is 1.09. The van der Waals surface area contributed by atoms with E-state index in [1.165, 1.54) is 31.7 Å². The number of ether oxygens (including phenoxy) is 1. The maximum Gasteiger partial charge on any atom is 0.0875 e. The van der Waals surface area contributed by atoms with Crippen molar-refractivity contribution in [2.45, 2.75) is 24.3 Å². The van der Waals surface area contributed by atoms with Gasteiger partial charge in [-0.05, 0) is 51.9 Å². The molecule has 3 aromatic carbocycles. The molecular weight excluding hydrogens is 312 g/mol. The van der Waals surface area contributed by atoms with E-state index in [-0.39, 0.29) is 6.10 Å². The molecule has 1 unspecified atom stereocenters. The van der Waals surface area contributed by atoms with Gasteiger partial charge in [-0.15, -0.1) is 0 Å². The SMILES string of the molecule is CC1=C(Sc2ccccc2)CC(c2ccc3ccccc3c2)OC1. The lowest BCUT2D eigenvalue weighted by Gasteiger charge is -2.27. The first-order valence-electron chi connectivity index (χ1n) is 8.31. The van der Waals surface area contributed by atoms with Gasteiger partial charge < -0.3 is 4.74 Å². The highest BCUT2D eigenvalue weighted by molar-refractivity contribution is 8.03. The lowest BCUT2D eigenvalue weighted by Crippen LogP contribution is -2.13. The van der Waals surface area contributed by atoms with Gasteiger partial charge in [-0.3, -0.25) is 0 Å². The van der Waals surface area contributed by atoms with Gasteiger partial charge in [0.15, 0.2) is 0 Å². The summed E-state index contributed by atoms with van der Waals surface area (Å²) in [5, 5.41) is 2.56. The number of thioether (sulfide) groups is 1. The van der Waals surface area contributed by atoms with E-state index in [0.29, 0.717) is 6.61 Å². The summed E-state index contributed by atoms with van der Waals surface area (Å²) >= 11 is 1.87. The molecule has 0 saturated heterocycles. The van der Waals surface area contributed by atoms with Crippen molar-refractivity contribution < 1.29 is 4.74 Å². The molecule has 0 amide bonds. The van der Waals surface area contributed by atoms with Gasteiger partial charge in [-0.2, -0.15) is 0 Å². The van der Waals surface area contributed by atoms with Crippen molar-refractivity contribution in [3.8, 4) is 0 Å². The van der Waals surface area contributed by atoms with Crippen LogP contribution in [0.1, 0.15) is 25.0 Å². The van der Waals surface area contributed by atoms with Crippen molar-refractivity contribution >= 4 is 22.5 Å². The zero-order valence-electron chi connectivity index (χ0n) is 13.7. The molecule has 1 aliphatic heterocycles. The summed E-state index contributed by atoms with van der Waals surface area (Å²) in [5.74, 6) is 0. The molecule has 3 aromatic rings. The number of hydrogen-bond donors (Lipinski definition) is 0. The lowest BCUT2D eigenvalue weighted by molar-refractivity contribution is 0.0606. The topological polar surface area (TPSA) is 9.23 Å². The molecule has 0 bridgehead atoms. The number of hydrogen-bond acceptors (Lipinski definition) is 2. The van der Waals surface area contributed by atoms with Crippen molar-refractivity contribution in [3.63, 3.8) is 0 Å². The highest BCUT2D eigenvalue weighted by Crippen LogP contribution is 2.40. The third-order valence-corrected chi connectivity index (χ3v) is 5.75. The number of rotatable bonds is 3. The van der Waals surface area contributed by atoms with Gasteiger partial charge in [0.2, 0.25) is 0 Å². The molecule has 0 spiro atoms. The van der Waals surface area contributed by atoms with E-state index in [1.807, 2.05) is 11.8 Å². The third-order valence-electron chi connectivity index (χ3n) is 4.48. The number of benzene rings is 3. The Morgan fingerprint density at radius 1 is 0.875 bits per heavy atom. The van der Waals surface area contributed by atoms with Crippen molar-refractivity contribution in [1.29, 1.82) is 0 Å². The largest absolute Gasteiger partial charge is 0.369 e. The van der Waals surface area contributed by atoms with Crippen LogP contribution in [-0.4, -0.2) is 6.61 Å². The van der Waals surface area contributed by atoms with Crippen LogP contribution < -0.4 is 0 Å². The maximum absolute atomic E-state index is 6.12. The molecule has 0 radical (unpaired) electrons. The van der Waals surface area contributed by atoms with E-state index < -0.39 is 0 Å². The summed E-state index contributed by atoms with van der Waals surface area (Å²) in [5.41, 5.74) is 2.62. The standard InChI is InChI=1S/C22H20OS/c1-16-15-23-21(14-22(16)24-20-9-3-2-4-10-20)19-12-11-17-7-5-6-8-18(17)13-19/h2-13,21H,14-15H2,1H3. The van der Waals surface area contributed by atoms with Crippen LogP contribution in [0.4, 0.5) is 0 Å². The van der Waals surface area contributed by atoms with Crippen LogP contribution in [0.15, 0.2) is 88.2 Å². The van der Waals surface area contributed by atoms with Crippen LogP contribution in [0.3, 0.4) is 0 Å². The van der Waals surface area contributed by atoms with Gasteiger partial charge in [-0.25, -0.2) is 0 Å². The van der Waals surface area contributed by atoms with E-state index in [1.54, 1.807) is 0 Å². The monoisotopic (exact) mass is 332 g/mol. The van der Waals surface area contributed by atoms with Crippen LogP contribution in [0.25, 0.3) is 10.8 Å². The van der Waals surface area contributed by atoms with Crippen LogP contribution in [0.5, 0.6) is 0 Å². The van der Waals surface area contributed by atoms with E-state index >= 15 is 0 Å². The van der Waals surface area contributed by atoms with Gasteiger partial charge in [0, 0.05) is 11.3 Å². The first-order chi connectivity index (χ1) is 11.8. The zero-order chi connectivity index (χ0) is 16.4. The van der Waals surface area contributed by atoms with E-state index in [4.69, 9.17) is 4.74 Å². The summed E-state index contributed by atoms with van der Waals surface area (Å²) in [7, 11) is 0. The maximum atomic E-state index is 6.12. The Bertz CT molecular complexity index is 883. The zero-order valence-corrected chi connectivity index (χ0v) is 14.6. The summed E-state index contributed by atoms with van der Waals surface area (Å²) in [6, 6.07) is 25.8. The molecule has 0 saturated carbocycles. The molecule has 120 valence electrons. The highest BCUT2D eigenvalue weighted by Gasteiger charge is 2.22. The molecule has 0 fully saturated rings. The van der Waals surface area contributed by atoms with Gasteiger partial charge in [0.05, 0.1) is 12.7 Å². The van der Waals surface area contributed by atoms with Crippen molar-refractivity contribution in [2.24, 2.45) is 0 Å². The predicted molar refractivity (Wildman–Crippen MR) is 102 cm³/mol. The number of fused-ring (bicyclic) bond motifs is 1. The average molecular weight is 332 g/mol. The van der Waals surface area contributed by atoms with Crippen LogP contribution >= 0.6 is 11.8 Å². The molecule has 2 heteroatoms. The summed E-state index contributed by atoms with van der Waals surface area (Å²) in [6.45, 7) is 2.90. The van der Waals surface area contributed by atoms with Gasteiger partial charge in [0.1, 0.15) is 0 Å². The smallest absolute Gasteiger partial charge is 0.0875 e. The molecular formula is C22H20OS. The Morgan fingerprint density at radius 2 is 1.62 bits per heavy atom. The molecule has 0 aromatic heterocycles. The Morgan fingerprint density at radius 3 is 2.46 bits per heavy atom. The molecule has 24 heavy (non-hydrogen) atoms. The minimum Gasteiger partial charge on any atom is -0.369 e. The van der Waals surface area contributed by atoms with Gasteiger partial charge >= 0.3 is 0 Å². The molecule has 1 nitrogen and oxygen atoms in total. The van der Waals surface area contributed by atoms with Crippen LogP contribution in [0, 0.1) is 0 Å². The van der Waals surface area contributed by atoms with Crippen molar-refractivity contribution in [3.05, 3.63) is 88.8 Å². The minimum atomic E-state index is 0.143. The fourth-order valence-corrected chi connectivity index (χ4v) is 4.13. The second-order valence-electron chi connectivity index (χ2n) is 6.23. The summed E-state index contributed by atoms with van der Waals surface area (Å²) in [4.78, 5) is 2.73. The van der Waals surface area contributed by atoms with Gasteiger partial charge in [0.25, 0.3) is 0 Å². The van der Waals surface area contributed by atoms with Crippen LogP contribution in [-0.2, 0) is 4.74 Å². The van der Waals surface area contributed by atoms with E-state index in [2.05, 4.69) is 79.7 Å². The first-order valence-corrected chi connectivity index (χ1v) is 9.13. The highest BCUT2D eigenvalue weighted by atomic mass is 32.2. The molecule has 1 aliphatic rings. The average Bonchev–Trinajstić information content (AvgIpc) is 2.64. The Hall–Kier alpha value is -2.03. The predicted octanol–water partition coefficient (Wildman–Crippen LogP) is 6.37. The van der Waals surface area contributed by atoms with Crippen molar-refractivity contribution in [2.75, 3.05) is 6.61 Å². The molecule has 1 atom stereocenters. The Kier molecular flexibility index (Phi) is 4.42. The fourth-order valence-electron chi connectivity index (χ4n) is 3.09. The Labute approximate surface area is 147 Å². The van der Waals surface area contributed by atoms with E-state index in [9.17, 15) is 0 Å². The lowest BCUT2D eigenvalue weighted by atomic mass is 9.99. The molecule has 4 rings (SSSR count). The van der Waals surface area contributed by atoms with Crippen molar-refractivity contribution in [1.82, 2.24) is 0 Å². The molecule has 0 aliphatic carbocycles. The quantitative estimate of drug-likeness (QED) is 0.551. The second-order valence-corrected chi connectivity index (χ2v) is 7.40. The minimum absolute atomic E-state index is 0.143. The third kappa shape index (κ3) is 3.26. The van der Waals surface area contributed by atoms with Gasteiger partial charge in [-0.1, -0.05) is 66.4 Å². The fraction of sp³-hybridized carbons (Fsp3) is 0.182. The summed E-state index contributed by atoms with van der Waals surface area (Å²) < 4.78 is 6.12. The first kappa shape index (κ1) is 15.5. The second kappa shape index (κ2) is 6.84. The van der Waals surface area contributed by atoms with E-state index in [0.717, 1.165) is 6.42 Å². The Balaban J connectivity index is 1.58. The molecule has 0 N–H and O–H groups in total. The normalized spacial score (nSPS) is 18.1. The molecule has 1 heterocycles. The van der Waals surface area contributed by atoms with Crippen LogP contribution in [0.2, 0.25) is 0 Å².